The summed E-state index contributed by atoms with van der Waals surface area (Å²) in [5.41, 5.74) is 3.31. The number of hydrogen-bond acceptors (Lipinski definition) is 3. The number of hydrogen-bond donors (Lipinski definition) is 2. The van der Waals surface area contributed by atoms with Crippen LogP contribution in [-0.4, -0.2) is 18.9 Å². The summed E-state index contributed by atoms with van der Waals surface area (Å²) in [4.78, 5) is 23.4. The van der Waals surface area contributed by atoms with E-state index in [4.69, 9.17) is 4.74 Å². The Morgan fingerprint density at radius 2 is 1.72 bits per heavy atom. The number of anilines is 2. The van der Waals surface area contributed by atoms with Gasteiger partial charge in [-0.15, -0.1) is 0 Å². The molecular weight excluding hydrogens is 316 g/mol. The monoisotopic (exact) mass is 340 g/mol. The van der Waals surface area contributed by atoms with E-state index in [-0.39, 0.29) is 18.2 Å². The highest BCUT2D eigenvalue weighted by Gasteiger charge is 2.11. The van der Waals surface area contributed by atoms with Crippen LogP contribution in [0.25, 0.3) is 0 Å². The predicted octanol–water partition coefficient (Wildman–Crippen LogP) is 3.96. The van der Waals surface area contributed by atoms with Gasteiger partial charge in [-0.3, -0.25) is 9.59 Å². The van der Waals surface area contributed by atoms with Crippen LogP contribution in [0.2, 0.25) is 0 Å². The molecule has 25 heavy (non-hydrogen) atoms. The molecule has 5 heteroatoms. The molecule has 2 N–H and O–H groups in total. The molecule has 0 aliphatic heterocycles. The van der Waals surface area contributed by atoms with Crippen molar-refractivity contribution in [3.8, 4) is 5.75 Å². The molecule has 132 valence electrons. The third-order valence-corrected chi connectivity index (χ3v) is 3.75. The van der Waals surface area contributed by atoms with E-state index in [1.807, 2.05) is 18.2 Å². The fourth-order valence-electron chi connectivity index (χ4n) is 2.61. The van der Waals surface area contributed by atoms with Crippen LogP contribution < -0.4 is 15.4 Å². The summed E-state index contributed by atoms with van der Waals surface area (Å²) in [6.45, 7) is 5.63. The highest BCUT2D eigenvalue weighted by atomic mass is 16.5. The molecule has 0 spiro atoms. The van der Waals surface area contributed by atoms with Crippen molar-refractivity contribution in [2.45, 2.75) is 33.1 Å². The molecule has 0 aliphatic rings. The predicted molar refractivity (Wildman–Crippen MR) is 100 cm³/mol. The first-order valence-corrected chi connectivity index (χ1v) is 8.23. The molecule has 0 unspecified atom stereocenters. The SMILES string of the molecule is COc1ccc(CC(=O)Nc2cccc(NC(C)=O)c2)cc1C(C)C. The zero-order chi connectivity index (χ0) is 18.4. The number of carbonyl (C=O) groups is 2. The Bertz CT molecular complexity index is 769. The van der Waals surface area contributed by atoms with E-state index >= 15 is 0 Å². The molecule has 5 nitrogen and oxygen atoms in total. The molecule has 2 aromatic rings. The molecule has 0 heterocycles. The fraction of sp³-hybridized carbons (Fsp3) is 0.300. The minimum atomic E-state index is -0.150. The van der Waals surface area contributed by atoms with Gasteiger partial charge in [-0.2, -0.15) is 0 Å². The van der Waals surface area contributed by atoms with Gasteiger partial charge in [0.15, 0.2) is 0 Å². The van der Waals surface area contributed by atoms with E-state index in [0.717, 1.165) is 16.9 Å². The van der Waals surface area contributed by atoms with E-state index in [1.165, 1.54) is 6.92 Å². The first kappa shape index (κ1) is 18.5. The lowest BCUT2D eigenvalue weighted by Gasteiger charge is -2.14. The highest BCUT2D eigenvalue weighted by molar-refractivity contribution is 5.94. The molecule has 2 aromatic carbocycles. The molecular formula is C20H24N2O3. The normalized spacial score (nSPS) is 10.4. The molecule has 2 rings (SSSR count). The molecule has 0 saturated carbocycles. The molecule has 0 bridgehead atoms. The number of carbonyl (C=O) groups excluding carboxylic acids is 2. The van der Waals surface area contributed by atoms with Crippen molar-refractivity contribution in [3.05, 3.63) is 53.6 Å². The van der Waals surface area contributed by atoms with E-state index < -0.39 is 0 Å². The topological polar surface area (TPSA) is 67.4 Å². The van der Waals surface area contributed by atoms with Crippen LogP contribution in [0.3, 0.4) is 0 Å². The third-order valence-electron chi connectivity index (χ3n) is 3.75. The van der Waals surface area contributed by atoms with Crippen LogP contribution in [0.15, 0.2) is 42.5 Å². The maximum Gasteiger partial charge on any atom is 0.228 e. The number of benzene rings is 2. The number of methoxy groups -OCH3 is 1. The second-order valence-corrected chi connectivity index (χ2v) is 6.22. The summed E-state index contributed by atoms with van der Waals surface area (Å²) in [5, 5.41) is 5.56. The highest BCUT2D eigenvalue weighted by Crippen LogP contribution is 2.27. The van der Waals surface area contributed by atoms with Crippen LogP contribution in [-0.2, 0) is 16.0 Å². The molecule has 0 saturated heterocycles. The third kappa shape index (κ3) is 5.35. The Balaban J connectivity index is 2.07. The van der Waals surface area contributed by atoms with Crippen molar-refractivity contribution in [1.82, 2.24) is 0 Å². The Kier molecular flexibility index (Phi) is 6.17. The van der Waals surface area contributed by atoms with Gasteiger partial charge in [0.2, 0.25) is 11.8 Å². The number of ether oxygens (including phenoxy) is 1. The van der Waals surface area contributed by atoms with E-state index in [1.54, 1.807) is 31.4 Å². The average molecular weight is 340 g/mol. The summed E-state index contributed by atoms with van der Waals surface area (Å²) in [6.07, 6.45) is 0.272. The average Bonchev–Trinajstić information content (AvgIpc) is 2.54. The van der Waals surface area contributed by atoms with Crippen molar-refractivity contribution in [1.29, 1.82) is 0 Å². The maximum absolute atomic E-state index is 12.3. The summed E-state index contributed by atoms with van der Waals surface area (Å²) in [5.74, 6) is 0.886. The molecule has 0 aromatic heterocycles. The largest absolute Gasteiger partial charge is 0.496 e. The maximum atomic E-state index is 12.3. The Hall–Kier alpha value is -2.82. The minimum absolute atomic E-state index is 0.111. The smallest absolute Gasteiger partial charge is 0.228 e. The summed E-state index contributed by atoms with van der Waals surface area (Å²) in [7, 11) is 1.65. The van der Waals surface area contributed by atoms with Crippen molar-refractivity contribution < 1.29 is 14.3 Å². The first-order valence-electron chi connectivity index (χ1n) is 8.23. The molecule has 0 radical (unpaired) electrons. The molecule has 0 aliphatic carbocycles. The van der Waals surface area contributed by atoms with E-state index in [2.05, 4.69) is 24.5 Å². The van der Waals surface area contributed by atoms with Crippen molar-refractivity contribution >= 4 is 23.2 Å². The quantitative estimate of drug-likeness (QED) is 0.836. The molecule has 2 amide bonds. The van der Waals surface area contributed by atoms with Crippen LogP contribution >= 0.6 is 0 Å². The van der Waals surface area contributed by atoms with Gasteiger partial charge in [0.05, 0.1) is 13.5 Å². The number of amides is 2. The summed E-state index contributed by atoms with van der Waals surface area (Å²) < 4.78 is 5.37. The van der Waals surface area contributed by atoms with E-state index in [0.29, 0.717) is 17.3 Å². The van der Waals surface area contributed by atoms with Gasteiger partial charge in [-0.05, 0) is 41.3 Å². The van der Waals surface area contributed by atoms with Gasteiger partial charge in [0.25, 0.3) is 0 Å². The lowest BCUT2D eigenvalue weighted by Crippen LogP contribution is -2.15. The fourth-order valence-corrected chi connectivity index (χ4v) is 2.61. The summed E-state index contributed by atoms with van der Waals surface area (Å²) >= 11 is 0. The molecule has 0 atom stereocenters. The van der Waals surface area contributed by atoms with Crippen molar-refractivity contribution in [3.63, 3.8) is 0 Å². The number of rotatable bonds is 6. The van der Waals surface area contributed by atoms with Gasteiger partial charge in [0.1, 0.15) is 5.75 Å². The van der Waals surface area contributed by atoms with Crippen molar-refractivity contribution in [2.75, 3.05) is 17.7 Å². The second kappa shape index (κ2) is 8.33. The lowest BCUT2D eigenvalue weighted by molar-refractivity contribution is -0.115. The van der Waals surface area contributed by atoms with Crippen LogP contribution in [0, 0.1) is 0 Å². The van der Waals surface area contributed by atoms with Crippen LogP contribution in [0.1, 0.15) is 37.8 Å². The minimum Gasteiger partial charge on any atom is -0.496 e. The first-order chi connectivity index (χ1) is 11.9. The molecule has 0 fully saturated rings. The Labute approximate surface area is 148 Å². The van der Waals surface area contributed by atoms with Gasteiger partial charge < -0.3 is 15.4 Å². The Morgan fingerprint density at radius 3 is 2.32 bits per heavy atom. The van der Waals surface area contributed by atoms with E-state index in [9.17, 15) is 9.59 Å². The summed E-state index contributed by atoms with van der Waals surface area (Å²) in [6, 6.07) is 12.9. The van der Waals surface area contributed by atoms with Crippen LogP contribution in [0.5, 0.6) is 5.75 Å². The van der Waals surface area contributed by atoms with Gasteiger partial charge in [0, 0.05) is 18.3 Å². The lowest BCUT2D eigenvalue weighted by atomic mass is 9.98. The number of nitrogens with one attached hydrogen (secondary N) is 2. The zero-order valence-corrected chi connectivity index (χ0v) is 15.1. The van der Waals surface area contributed by atoms with Crippen molar-refractivity contribution in [2.24, 2.45) is 0 Å². The zero-order valence-electron chi connectivity index (χ0n) is 15.1. The van der Waals surface area contributed by atoms with Gasteiger partial charge >= 0.3 is 0 Å². The van der Waals surface area contributed by atoms with Gasteiger partial charge in [-0.25, -0.2) is 0 Å². The standard InChI is InChI=1S/C20H24N2O3/c1-13(2)18-10-15(8-9-19(18)25-4)11-20(24)22-17-7-5-6-16(12-17)21-14(3)23/h5-10,12-13H,11H2,1-4H3,(H,21,23)(H,22,24). The van der Waals surface area contributed by atoms with Crippen LogP contribution in [0.4, 0.5) is 11.4 Å². The van der Waals surface area contributed by atoms with Gasteiger partial charge in [-0.1, -0.05) is 32.0 Å². The second-order valence-electron chi connectivity index (χ2n) is 6.22. The Morgan fingerprint density at radius 1 is 1.04 bits per heavy atom.